The first-order chi connectivity index (χ1) is 14.8. The number of anilines is 1. The van der Waals surface area contributed by atoms with Crippen molar-refractivity contribution < 1.29 is 9.47 Å². The predicted molar refractivity (Wildman–Crippen MR) is 120 cm³/mol. The number of aromatic nitrogens is 2. The zero-order valence-electron chi connectivity index (χ0n) is 17.0. The lowest BCUT2D eigenvalue weighted by molar-refractivity contribution is 0.415. The van der Waals surface area contributed by atoms with Crippen LogP contribution in [-0.2, 0) is 6.54 Å². The van der Waals surface area contributed by atoms with Crippen LogP contribution in [0.5, 0.6) is 11.5 Å². The fraction of sp³-hybridized carbons (Fsp3) is 0.120. The summed E-state index contributed by atoms with van der Waals surface area (Å²) < 4.78 is 10.5. The third kappa shape index (κ3) is 4.41. The molecule has 0 radical (unpaired) electrons. The molecule has 0 aliphatic carbocycles. The number of ether oxygens (including phenoxy) is 2. The number of hydrogen-bond donors (Lipinski definition) is 1. The van der Waals surface area contributed by atoms with E-state index in [0.717, 1.165) is 39.8 Å². The second-order valence-electron chi connectivity index (χ2n) is 6.75. The maximum Gasteiger partial charge on any atom is 0.152 e. The van der Waals surface area contributed by atoms with Crippen molar-refractivity contribution in [2.45, 2.75) is 6.54 Å². The Bertz CT molecular complexity index is 1100. The second kappa shape index (κ2) is 9.09. The van der Waals surface area contributed by atoms with Crippen LogP contribution in [0.4, 0.5) is 5.82 Å². The molecule has 0 amide bonds. The lowest BCUT2D eigenvalue weighted by Gasteiger charge is -2.13. The van der Waals surface area contributed by atoms with Crippen molar-refractivity contribution >= 4 is 5.82 Å². The van der Waals surface area contributed by atoms with E-state index >= 15 is 0 Å². The van der Waals surface area contributed by atoms with Crippen molar-refractivity contribution in [3.8, 4) is 34.0 Å². The molecule has 30 heavy (non-hydrogen) atoms. The van der Waals surface area contributed by atoms with Crippen LogP contribution in [0.15, 0.2) is 85.1 Å². The van der Waals surface area contributed by atoms with Gasteiger partial charge in [0.15, 0.2) is 5.82 Å². The molecule has 0 saturated heterocycles. The molecule has 1 heterocycles. The molecule has 5 heteroatoms. The van der Waals surface area contributed by atoms with E-state index in [9.17, 15) is 0 Å². The molecule has 0 bridgehead atoms. The van der Waals surface area contributed by atoms with Gasteiger partial charge in [-0.15, -0.1) is 0 Å². The van der Waals surface area contributed by atoms with E-state index in [0.29, 0.717) is 6.54 Å². The van der Waals surface area contributed by atoms with Gasteiger partial charge in [0.05, 0.1) is 26.1 Å². The first kappa shape index (κ1) is 19.5. The lowest BCUT2D eigenvalue weighted by Crippen LogP contribution is -2.05. The molecular weight excluding hydrogens is 374 g/mol. The van der Waals surface area contributed by atoms with Gasteiger partial charge in [0.2, 0.25) is 0 Å². The molecule has 4 rings (SSSR count). The Kier molecular flexibility index (Phi) is 5.90. The van der Waals surface area contributed by atoms with E-state index in [2.05, 4.69) is 17.4 Å². The molecule has 0 atom stereocenters. The van der Waals surface area contributed by atoms with Gasteiger partial charge in [-0.25, -0.2) is 9.97 Å². The van der Waals surface area contributed by atoms with Gasteiger partial charge in [-0.3, -0.25) is 0 Å². The average Bonchev–Trinajstić information content (AvgIpc) is 2.83. The normalized spacial score (nSPS) is 10.5. The standard InChI is InChI=1S/C25H23N3O2/c1-29-21-12-8-19(9-13-21)23-17-27-25(26-16-18-6-4-3-5-7-18)24(28-23)20-10-14-22(30-2)15-11-20/h3-15,17H,16H2,1-2H3,(H,26,27). The zero-order valence-corrected chi connectivity index (χ0v) is 17.0. The highest BCUT2D eigenvalue weighted by atomic mass is 16.5. The lowest BCUT2D eigenvalue weighted by atomic mass is 10.1. The van der Waals surface area contributed by atoms with E-state index in [1.165, 1.54) is 5.56 Å². The van der Waals surface area contributed by atoms with E-state index in [1.54, 1.807) is 20.4 Å². The van der Waals surface area contributed by atoms with Gasteiger partial charge in [-0.05, 0) is 54.1 Å². The van der Waals surface area contributed by atoms with Crippen LogP contribution in [0.3, 0.4) is 0 Å². The van der Waals surface area contributed by atoms with Crippen LogP contribution in [0.2, 0.25) is 0 Å². The number of rotatable bonds is 7. The van der Waals surface area contributed by atoms with Crippen molar-refractivity contribution in [1.29, 1.82) is 0 Å². The van der Waals surface area contributed by atoms with Crippen molar-refractivity contribution in [2.75, 3.05) is 19.5 Å². The smallest absolute Gasteiger partial charge is 0.152 e. The van der Waals surface area contributed by atoms with E-state index in [-0.39, 0.29) is 0 Å². The highest BCUT2D eigenvalue weighted by Gasteiger charge is 2.12. The SMILES string of the molecule is COc1ccc(-c2cnc(NCc3ccccc3)c(-c3ccc(OC)cc3)n2)cc1. The fourth-order valence-electron chi connectivity index (χ4n) is 3.15. The molecule has 0 spiro atoms. The summed E-state index contributed by atoms with van der Waals surface area (Å²) in [6.45, 7) is 0.667. The molecule has 150 valence electrons. The summed E-state index contributed by atoms with van der Waals surface area (Å²) in [6, 6.07) is 25.9. The first-order valence-corrected chi connectivity index (χ1v) is 9.70. The fourth-order valence-corrected chi connectivity index (χ4v) is 3.15. The number of methoxy groups -OCH3 is 2. The van der Waals surface area contributed by atoms with E-state index < -0.39 is 0 Å². The Balaban J connectivity index is 1.70. The van der Waals surface area contributed by atoms with Crippen LogP contribution in [0.1, 0.15) is 5.56 Å². The minimum Gasteiger partial charge on any atom is -0.497 e. The highest BCUT2D eigenvalue weighted by Crippen LogP contribution is 2.30. The van der Waals surface area contributed by atoms with Crippen molar-refractivity contribution in [1.82, 2.24) is 9.97 Å². The monoisotopic (exact) mass is 397 g/mol. The Morgan fingerprint density at radius 3 is 1.93 bits per heavy atom. The topological polar surface area (TPSA) is 56.3 Å². The molecule has 0 aliphatic heterocycles. The van der Waals surface area contributed by atoms with Crippen LogP contribution >= 0.6 is 0 Å². The maximum absolute atomic E-state index is 5.29. The summed E-state index contributed by atoms with van der Waals surface area (Å²) >= 11 is 0. The van der Waals surface area contributed by atoms with Crippen LogP contribution in [0, 0.1) is 0 Å². The summed E-state index contributed by atoms with van der Waals surface area (Å²) in [7, 11) is 3.32. The largest absolute Gasteiger partial charge is 0.497 e. The Hall–Kier alpha value is -3.86. The molecule has 1 aromatic heterocycles. The number of hydrogen-bond acceptors (Lipinski definition) is 5. The molecule has 1 N–H and O–H groups in total. The Morgan fingerprint density at radius 1 is 0.733 bits per heavy atom. The minimum atomic E-state index is 0.667. The van der Waals surface area contributed by atoms with Crippen LogP contribution in [-0.4, -0.2) is 24.2 Å². The second-order valence-corrected chi connectivity index (χ2v) is 6.75. The maximum atomic E-state index is 5.29. The Labute approximate surface area is 176 Å². The van der Waals surface area contributed by atoms with Crippen molar-refractivity contribution in [3.63, 3.8) is 0 Å². The van der Waals surface area contributed by atoms with Gasteiger partial charge in [0, 0.05) is 17.7 Å². The molecule has 0 aliphatic rings. The molecule has 5 nitrogen and oxygen atoms in total. The number of nitrogens with zero attached hydrogens (tertiary/aromatic N) is 2. The summed E-state index contributed by atoms with van der Waals surface area (Å²) in [5, 5.41) is 3.43. The van der Waals surface area contributed by atoms with Gasteiger partial charge < -0.3 is 14.8 Å². The van der Waals surface area contributed by atoms with E-state index in [4.69, 9.17) is 19.4 Å². The summed E-state index contributed by atoms with van der Waals surface area (Å²) in [4.78, 5) is 9.63. The predicted octanol–water partition coefficient (Wildman–Crippen LogP) is 5.44. The zero-order chi connectivity index (χ0) is 20.8. The van der Waals surface area contributed by atoms with Gasteiger partial charge in [-0.2, -0.15) is 0 Å². The minimum absolute atomic E-state index is 0.667. The first-order valence-electron chi connectivity index (χ1n) is 9.70. The van der Waals surface area contributed by atoms with Crippen LogP contribution < -0.4 is 14.8 Å². The van der Waals surface area contributed by atoms with Crippen molar-refractivity contribution in [3.05, 3.63) is 90.6 Å². The average molecular weight is 397 g/mol. The molecule has 3 aromatic carbocycles. The van der Waals surface area contributed by atoms with Crippen molar-refractivity contribution in [2.24, 2.45) is 0 Å². The number of benzene rings is 3. The summed E-state index contributed by atoms with van der Waals surface area (Å²) in [6.07, 6.45) is 1.79. The molecular formula is C25H23N3O2. The third-order valence-electron chi connectivity index (χ3n) is 4.82. The summed E-state index contributed by atoms with van der Waals surface area (Å²) in [5.74, 6) is 2.35. The van der Waals surface area contributed by atoms with Gasteiger partial charge in [-0.1, -0.05) is 30.3 Å². The number of nitrogens with one attached hydrogen (secondary N) is 1. The molecule has 0 fully saturated rings. The van der Waals surface area contributed by atoms with E-state index in [1.807, 2.05) is 66.7 Å². The van der Waals surface area contributed by atoms with Crippen LogP contribution in [0.25, 0.3) is 22.5 Å². The molecule has 4 aromatic rings. The third-order valence-corrected chi connectivity index (χ3v) is 4.82. The Morgan fingerprint density at radius 2 is 1.33 bits per heavy atom. The molecule has 0 saturated carbocycles. The quantitative estimate of drug-likeness (QED) is 0.450. The van der Waals surface area contributed by atoms with Gasteiger partial charge in [0.1, 0.15) is 17.2 Å². The van der Waals surface area contributed by atoms with Gasteiger partial charge in [0.25, 0.3) is 0 Å². The highest BCUT2D eigenvalue weighted by molar-refractivity contribution is 5.75. The summed E-state index contributed by atoms with van der Waals surface area (Å²) in [5.41, 5.74) is 4.72. The van der Waals surface area contributed by atoms with Gasteiger partial charge >= 0.3 is 0 Å². The molecule has 0 unspecified atom stereocenters.